The zero-order valence-corrected chi connectivity index (χ0v) is 13.7. The molecular weight excluding hydrogens is 246 g/mol. The van der Waals surface area contributed by atoms with Gasteiger partial charge in [-0.05, 0) is 91.1 Å². The minimum absolute atomic E-state index is 0.796. The highest BCUT2D eigenvalue weighted by Gasteiger charge is 2.23. The summed E-state index contributed by atoms with van der Waals surface area (Å²) < 4.78 is 0. The molecule has 1 saturated carbocycles. The third-order valence-electron chi connectivity index (χ3n) is 5.19. The van der Waals surface area contributed by atoms with Crippen LogP contribution in [0.25, 0.3) is 0 Å². The van der Waals surface area contributed by atoms with Crippen LogP contribution in [0.15, 0.2) is 0 Å². The molecular formula is C17H35N3. The van der Waals surface area contributed by atoms with Crippen molar-refractivity contribution in [3.8, 4) is 0 Å². The SMILES string of the molecule is CCCNC1CCC(N(C)CCCN2CCCC2)CC1. The van der Waals surface area contributed by atoms with Crippen molar-refractivity contribution in [1.29, 1.82) is 0 Å². The van der Waals surface area contributed by atoms with Crippen LogP contribution in [0.1, 0.15) is 58.3 Å². The number of hydrogen-bond acceptors (Lipinski definition) is 3. The smallest absolute Gasteiger partial charge is 0.00933 e. The van der Waals surface area contributed by atoms with E-state index in [1.807, 2.05) is 0 Å². The van der Waals surface area contributed by atoms with Crippen LogP contribution in [0.2, 0.25) is 0 Å². The van der Waals surface area contributed by atoms with Crippen LogP contribution in [0.3, 0.4) is 0 Å². The maximum absolute atomic E-state index is 3.69. The maximum atomic E-state index is 3.69. The number of nitrogens with one attached hydrogen (secondary N) is 1. The van der Waals surface area contributed by atoms with Crippen LogP contribution >= 0.6 is 0 Å². The van der Waals surface area contributed by atoms with Gasteiger partial charge in [0.2, 0.25) is 0 Å². The third-order valence-corrected chi connectivity index (χ3v) is 5.19. The van der Waals surface area contributed by atoms with Crippen molar-refractivity contribution in [1.82, 2.24) is 15.1 Å². The predicted molar refractivity (Wildman–Crippen MR) is 87.3 cm³/mol. The quantitative estimate of drug-likeness (QED) is 0.738. The fraction of sp³-hybridized carbons (Fsp3) is 1.00. The third kappa shape index (κ3) is 5.34. The van der Waals surface area contributed by atoms with Gasteiger partial charge in [-0.25, -0.2) is 0 Å². The Kier molecular flexibility index (Phi) is 7.32. The molecule has 0 aromatic carbocycles. The fourth-order valence-electron chi connectivity index (χ4n) is 3.80. The van der Waals surface area contributed by atoms with Gasteiger partial charge in [0, 0.05) is 12.1 Å². The highest BCUT2D eigenvalue weighted by atomic mass is 15.2. The van der Waals surface area contributed by atoms with Crippen molar-refractivity contribution in [2.75, 3.05) is 39.8 Å². The Labute approximate surface area is 126 Å². The summed E-state index contributed by atoms with van der Waals surface area (Å²) in [4.78, 5) is 5.27. The van der Waals surface area contributed by atoms with E-state index in [0.29, 0.717) is 0 Å². The molecule has 0 amide bonds. The molecule has 1 saturated heterocycles. The number of hydrogen-bond donors (Lipinski definition) is 1. The van der Waals surface area contributed by atoms with E-state index in [1.165, 1.54) is 84.1 Å². The first-order valence-corrected chi connectivity index (χ1v) is 8.95. The molecule has 0 atom stereocenters. The molecule has 1 heterocycles. The zero-order chi connectivity index (χ0) is 14.2. The van der Waals surface area contributed by atoms with Crippen molar-refractivity contribution in [3.63, 3.8) is 0 Å². The van der Waals surface area contributed by atoms with Gasteiger partial charge >= 0.3 is 0 Å². The second kappa shape index (κ2) is 9.01. The molecule has 2 aliphatic rings. The highest BCUT2D eigenvalue weighted by Crippen LogP contribution is 2.22. The summed E-state index contributed by atoms with van der Waals surface area (Å²) in [7, 11) is 2.34. The highest BCUT2D eigenvalue weighted by molar-refractivity contribution is 4.81. The van der Waals surface area contributed by atoms with Gasteiger partial charge in [-0.3, -0.25) is 0 Å². The second-order valence-corrected chi connectivity index (χ2v) is 6.84. The van der Waals surface area contributed by atoms with Crippen LogP contribution in [0.5, 0.6) is 0 Å². The van der Waals surface area contributed by atoms with Crippen molar-refractivity contribution in [2.24, 2.45) is 0 Å². The molecule has 0 radical (unpaired) electrons. The fourth-order valence-corrected chi connectivity index (χ4v) is 3.80. The van der Waals surface area contributed by atoms with Crippen LogP contribution in [-0.4, -0.2) is 61.7 Å². The second-order valence-electron chi connectivity index (χ2n) is 6.84. The minimum atomic E-state index is 0.796. The lowest BCUT2D eigenvalue weighted by atomic mass is 9.90. The molecule has 1 aliphatic heterocycles. The molecule has 0 aromatic heterocycles. The summed E-state index contributed by atoms with van der Waals surface area (Å²) in [6.07, 6.45) is 11.0. The van der Waals surface area contributed by atoms with Crippen molar-refractivity contribution in [3.05, 3.63) is 0 Å². The Morgan fingerprint density at radius 1 is 1.10 bits per heavy atom. The molecule has 2 fully saturated rings. The maximum Gasteiger partial charge on any atom is 0.00933 e. The largest absolute Gasteiger partial charge is 0.314 e. The number of nitrogens with zero attached hydrogens (tertiary/aromatic N) is 2. The first-order valence-electron chi connectivity index (χ1n) is 8.95. The van der Waals surface area contributed by atoms with Gasteiger partial charge in [0.15, 0.2) is 0 Å². The summed E-state index contributed by atoms with van der Waals surface area (Å²) in [6.45, 7) is 8.75. The summed E-state index contributed by atoms with van der Waals surface area (Å²) in [5.74, 6) is 0. The molecule has 0 spiro atoms. The van der Waals surface area contributed by atoms with E-state index < -0.39 is 0 Å². The van der Waals surface area contributed by atoms with Crippen LogP contribution in [0.4, 0.5) is 0 Å². The van der Waals surface area contributed by atoms with E-state index >= 15 is 0 Å². The Balaban J connectivity index is 1.55. The normalized spacial score (nSPS) is 28.4. The van der Waals surface area contributed by atoms with Gasteiger partial charge in [0.05, 0.1) is 0 Å². The molecule has 20 heavy (non-hydrogen) atoms. The Bertz CT molecular complexity index is 243. The molecule has 0 aromatic rings. The van der Waals surface area contributed by atoms with E-state index in [2.05, 4.69) is 29.1 Å². The van der Waals surface area contributed by atoms with Crippen LogP contribution < -0.4 is 5.32 Å². The lowest BCUT2D eigenvalue weighted by Crippen LogP contribution is -2.41. The summed E-state index contributed by atoms with van der Waals surface area (Å²) in [5, 5.41) is 3.69. The van der Waals surface area contributed by atoms with E-state index in [0.717, 1.165) is 12.1 Å². The molecule has 3 nitrogen and oxygen atoms in total. The van der Waals surface area contributed by atoms with E-state index in [9.17, 15) is 0 Å². The Morgan fingerprint density at radius 2 is 1.80 bits per heavy atom. The minimum Gasteiger partial charge on any atom is -0.314 e. The van der Waals surface area contributed by atoms with Gasteiger partial charge in [-0.1, -0.05) is 6.92 Å². The van der Waals surface area contributed by atoms with Crippen molar-refractivity contribution < 1.29 is 0 Å². The van der Waals surface area contributed by atoms with Gasteiger partial charge in [0.25, 0.3) is 0 Å². The van der Waals surface area contributed by atoms with Gasteiger partial charge < -0.3 is 15.1 Å². The Morgan fingerprint density at radius 3 is 2.45 bits per heavy atom. The van der Waals surface area contributed by atoms with Crippen molar-refractivity contribution >= 4 is 0 Å². The van der Waals surface area contributed by atoms with E-state index in [4.69, 9.17) is 0 Å². The number of likely N-dealkylation sites (tertiary alicyclic amines) is 1. The standard InChI is InChI=1S/C17H35N3/c1-3-11-18-16-7-9-17(10-8-16)19(2)12-6-15-20-13-4-5-14-20/h16-18H,3-15H2,1-2H3. The molecule has 0 unspecified atom stereocenters. The summed E-state index contributed by atoms with van der Waals surface area (Å²) >= 11 is 0. The predicted octanol–water partition coefficient (Wildman–Crippen LogP) is 2.71. The molecule has 0 bridgehead atoms. The molecule has 1 N–H and O–H groups in total. The topological polar surface area (TPSA) is 18.5 Å². The monoisotopic (exact) mass is 281 g/mol. The van der Waals surface area contributed by atoms with E-state index in [-0.39, 0.29) is 0 Å². The number of rotatable bonds is 8. The lowest BCUT2D eigenvalue weighted by molar-refractivity contribution is 0.166. The zero-order valence-electron chi connectivity index (χ0n) is 13.7. The average molecular weight is 281 g/mol. The first kappa shape index (κ1) is 16.3. The van der Waals surface area contributed by atoms with Gasteiger partial charge in [0.1, 0.15) is 0 Å². The lowest BCUT2D eigenvalue weighted by Gasteiger charge is -2.35. The first-order chi connectivity index (χ1) is 9.79. The van der Waals surface area contributed by atoms with Gasteiger partial charge in [-0.15, -0.1) is 0 Å². The average Bonchev–Trinajstić information content (AvgIpc) is 2.99. The molecule has 1 aliphatic carbocycles. The molecule has 118 valence electrons. The summed E-state index contributed by atoms with van der Waals surface area (Å²) in [5.41, 5.74) is 0. The van der Waals surface area contributed by atoms with Crippen molar-refractivity contribution in [2.45, 2.75) is 70.4 Å². The van der Waals surface area contributed by atoms with Crippen LogP contribution in [0, 0.1) is 0 Å². The summed E-state index contributed by atoms with van der Waals surface area (Å²) in [6, 6.07) is 1.64. The molecule has 3 heteroatoms. The molecule has 2 rings (SSSR count). The Hall–Kier alpha value is -0.120. The van der Waals surface area contributed by atoms with Crippen LogP contribution in [-0.2, 0) is 0 Å². The van der Waals surface area contributed by atoms with E-state index in [1.54, 1.807) is 0 Å². The van der Waals surface area contributed by atoms with Gasteiger partial charge in [-0.2, -0.15) is 0 Å².